The van der Waals surface area contributed by atoms with E-state index in [0.29, 0.717) is 6.42 Å². The van der Waals surface area contributed by atoms with Gasteiger partial charge in [0, 0.05) is 6.42 Å². The zero-order valence-corrected chi connectivity index (χ0v) is 35.1. The maximum Gasteiger partial charge on any atom is 0.220 e. The number of carbonyl (C=O) groups excluding carboxylic acids is 1. The highest BCUT2D eigenvalue weighted by Gasteiger charge is 2.17. The molecule has 0 aliphatic heterocycles. The van der Waals surface area contributed by atoms with Crippen LogP contribution in [0.5, 0.6) is 0 Å². The lowest BCUT2D eigenvalue weighted by Crippen LogP contribution is -2.45. The Morgan fingerprint density at radius 3 is 1.12 bits per heavy atom. The SMILES string of the molecule is CCCCCCCCCCCCCCC/C=C/CC/C=C/CC/C=C/C(O)C(CO)NC(=O)CCCCCCCCCCCCCCCCCCC. The minimum atomic E-state index is -0.867. The van der Waals surface area contributed by atoms with Crippen molar-refractivity contribution in [2.45, 2.75) is 257 Å². The minimum absolute atomic E-state index is 0.0752. The summed E-state index contributed by atoms with van der Waals surface area (Å²) in [6.45, 7) is 4.31. The second-order valence-electron chi connectivity index (χ2n) is 15.8. The van der Waals surface area contributed by atoms with E-state index < -0.39 is 12.1 Å². The summed E-state index contributed by atoms with van der Waals surface area (Å²) in [6.07, 6.45) is 58.3. The Hall–Kier alpha value is -1.39. The van der Waals surface area contributed by atoms with Crippen LogP contribution < -0.4 is 5.32 Å². The zero-order chi connectivity index (χ0) is 37.8. The van der Waals surface area contributed by atoms with Crippen LogP contribution in [-0.4, -0.2) is 34.9 Å². The number of carbonyl (C=O) groups is 1. The second kappa shape index (κ2) is 44.0. The fraction of sp³-hybridized carbons (Fsp3) is 0.854. The first-order valence-corrected chi connectivity index (χ1v) is 23.2. The van der Waals surface area contributed by atoms with Gasteiger partial charge in [-0.3, -0.25) is 4.79 Å². The number of allylic oxidation sites excluding steroid dienone is 5. The summed E-state index contributed by atoms with van der Waals surface area (Å²) in [6, 6.07) is -0.642. The molecule has 0 aromatic heterocycles. The summed E-state index contributed by atoms with van der Waals surface area (Å²) >= 11 is 0. The van der Waals surface area contributed by atoms with E-state index in [9.17, 15) is 15.0 Å². The van der Waals surface area contributed by atoms with E-state index in [1.165, 1.54) is 186 Å². The maximum atomic E-state index is 12.4. The number of nitrogens with one attached hydrogen (secondary N) is 1. The number of rotatable bonds is 42. The lowest BCUT2D eigenvalue weighted by atomic mass is 10.0. The van der Waals surface area contributed by atoms with Gasteiger partial charge in [-0.2, -0.15) is 0 Å². The Balaban J connectivity index is 3.61. The number of amides is 1. The van der Waals surface area contributed by atoms with Crippen molar-refractivity contribution in [1.82, 2.24) is 5.32 Å². The Morgan fingerprint density at radius 1 is 0.442 bits per heavy atom. The Labute approximate surface area is 325 Å². The lowest BCUT2D eigenvalue weighted by molar-refractivity contribution is -0.123. The van der Waals surface area contributed by atoms with Crippen LogP contribution in [0.3, 0.4) is 0 Å². The summed E-state index contributed by atoms with van der Waals surface area (Å²) in [5, 5.41) is 23.0. The number of hydrogen-bond acceptors (Lipinski definition) is 3. The molecule has 0 fully saturated rings. The van der Waals surface area contributed by atoms with Crippen molar-refractivity contribution in [1.29, 1.82) is 0 Å². The van der Waals surface area contributed by atoms with Crippen LogP contribution in [0.15, 0.2) is 36.5 Å². The molecule has 4 nitrogen and oxygen atoms in total. The van der Waals surface area contributed by atoms with Crippen molar-refractivity contribution >= 4 is 5.91 Å². The zero-order valence-electron chi connectivity index (χ0n) is 35.1. The molecule has 0 rings (SSSR count). The molecule has 0 saturated carbocycles. The number of unbranched alkanes of at least 4 members (excludes halogenated alkanes) is 31. The molecule has 0 radical (unpaired) electrons. The van der Waals surface area contributed by atoms with Crippen molar-refractivity contribution in [3.63, 3.8) is 0 Å². The molecule has 0 saturated heterocycles. The third kappa shape index (κ3) is 39.8. The lowest BCUT2D eigenvalue weighted by Gasteiger charge is -2.19. The van der Waals surface area contributed by atoms with E-state index in [2.05, 4.69) is 43.5 Å². The first kappa shape index (κ1) is 50.6. The molecule has 0 heterocycles. The van der Waals surface area contributed by atoms with Gasteiger partial charge in [0.25, 0.3) is 0 Å². The van der Waals surface area contributed by atoms with E-state index in [0.717, 1.165) is 38.5 Å². The molecule has 0 aromatic rings. The van der Waals surface area contributed by atoms with Crippen molar-refractivity contribution < 1.29 is 15.0 Å². The highest BCUT2D eigenvalue weighted by molar-refractivity contribution is 5.76. The normalized spacial score (nSPS) is 13.2. The molecule has 2 atom stereocenters. The Bertz CT molecular complexity index is 790. The van der Waals surface area contributed by atoms with E-state index in [1.807, 2.05) is 6.08 Å². The Morgan fingerprint density at radius 2 is 0.750 bits per heavy atom. The molecule has 52 heavy (non-hydrogen) atoms. The highest BCUT2D eigenvalue weighted by atomic mass is 16.3. The summed E-state index contributed by atoms with van der Waals surface area (Å²) in [4.78, 5) is 12.4. The number of aliphatic hydroxyl groups excluding tert-OH is 2. The molecule has 1 amide bonds. The summed E-state index contributed by atoms with van der Waals surface area (Å²) < 4.78 is 0. The van der Waals surface area contributed by atoms with Gasteiger partial charge in [-0.05, 0) is 44.9 Å². The average Bonchev–Trinajstić information content (AvgIpc) is 3.15. The predicted molar refractivity (Wildman–Crippen MR) is 230 cm³/mol. The standard InChI is InChI=1S/C48H91NO3/c1-3-5-7-9-11-13-15-17-19-21-22-23-24-25-26-28-29-31-33-35-37-39-41-43-47(51)46(45-50)49-48(52)44-42-40-38-36-34-32-30-27-20-18-16-14-12-10-8-6-4-2/h26,28,33,35,41,43,46-47,50-51H,3-25,27,29-32,34,36-40,42,44-45H2,1-2H3,(H,49,52)/b28-26+,35-33+,43-41+. The summed E-state index contributed by atoms with van der Waals surface area (Å²) in [5.74, 6) is -0.0752. The van der Waals surface area contributed by atoms with Gasteiger partial charge in [0.05, 0.1) is 18.8 Å². The van der Waals surface area contributed by atoms with Crippen LogP contribution >= 0.6 is 0 Å². The van der Waals surface area contributed by atoms with Gasteiger partial charge in [-0.25, -0.2) is 0 Å². The van der Waals surface area contributed by atoms with Crippen LogP contribution in [0, 0.1) is 0 Å². The first-order chi connectivity index (χ1) is 25.7. The smallest absolute Gasteiger partial charge is 0.220 e. The number of hydrogen-bond donors (Lipinski definition) is 3. The highest BCUT2D eigenvalue weighted by Crippen LogP contribution is 2.15. The van der Waals surface area contributed by atoms with Gasteiger partial charge >= 0.3 is 0 Å². The molecule has 0 aliphatic carbocycles. The molecule has 0 aliphatic rings. The molecule has 0 spiro atoms. The van der Waals surface area contributed by atoms with Gasteiger partial charge < -0.3 is 15.5 Å². The van der Waals surface area contributed by atoms with E-state index >= 15 is 0 Å². The molecule has 2 unspecified atom stereocenters. The van der Waals surface area contributed by atoms with Gasteiger partial charge in [0.1, 0.15) is 0 Å². The minimum Gasteiger partial charge on any atom is -0.394 e. The van der Waals surface area contributed by atoms with Gasteiger partial charge in [0.15, 0.2) is 0 Å². The topological polar surface area (TPSA) is 69.6 Å². The van der Waals surface area contributed by atoms with E-state index in [4.69, 9.17) is 0 Å². The molecule has 3 N–H and O–H groups in total. The molecular weight excluding hydrogens is 639 g/mol. The van der Waals surface area contributed by atoms with Gasteiger partial charge in [-0.15, -0.1) is 0 Å². The van der Waals surface area contributed by atoms with Crippen LogP contribution in [0.4, 0.5) is 0 Å². The maximum absolute atomic E-state index is 12.4. The third-order valence-electron chi connectivity index (χ3n) is 10.6. The predicted octanol–water partition coefficient (Wildman–Crippen LogP) is 14.6. The summed E-state index contributed by atoms with van der Waals surface area (Å²) in [7, 11) is 0. The molecule has 0 aromatic carbocycles. The number of aliphatic hydroxyl groups is 2. The van der Waals surface area contributed by atoms with Crippen LogP contribution in [0.1, 0.15) is 245 Å². The van der Waals surface area contributed by atoms with E-state index in [1.54, 1.807) is 6.08 Å². The van der Waals surface area contributed by atoms with E-state index in [-0.39, 0.29) is 12.5 Å². The molecular formula is C48H91NO3. The summed E-state index contributed by atoms with van der Waals surface area (Å²) in [5.41, 5.74) is 0. The van der Waals surface area contributed by atoms with Gasteiger partial charge in [-0.1, -0.05) is 230 Å². The fourth-order valence-corrected chi connectivity index (χ4v) is 7.03. The van der Waals surface area contributed by atoms with Crippen LogP contribution in [-0.2, 0) is 4.79 Å². The quantitative estimate of drug-likeness (QED) is 0.0433. The largest absolute Gasteiger partial charge is 0.394 e. The monoisotopic (exact) mass is 730 g/mol. The van der Waals surface area contributed by atoms with Crippen LogP contribution in [0.2, 0.25) is 0 Å². The van der Waals surface area contributed by atoms with Crippen molar-refractivity contribution in [3.8, 4) is 0 Å². The average molecular weight is 730 g/mol. The second-order valence-corrected chi connectivity index (χ2v) is 15.8. The molecule has 306 valence electrons. The Kier molecular flexibility index (Phi) is 42.8. The molecule has 0 bridgehead atoms. The first-order valence-electron chi connectivity index (χ1n) is 23.2. The van der Waals surface area contributed by atoms with Crippen molar-refractivity contribution in [3.05, 3.63) is 36.5 Å². The van der Waals surface area contributed by atoms with Crippen molar-refractivity contribution in [2.24, 2.45) is 0 Å². The third-order valence-corrected chi connectivity index (χ3v) is 10.6. The van der Waals surface area contributed by atoms with Crippen molar-refractivity contribution in [2.75, 3.05) is 6.61 Å². The van der Waals surface area contributed by atoms with Crippen LogP contribution in [0.25, 0.3) is 0 Å². The fourth-order valence-electron chi connectivity index (χ4n) is 7.03. The van der Waals surface area contributed by atoms with Gasteiger partial charge in [0.2, 0.25) is 5.91 Å². The molecule has 4 heteroatoms.